The molecule has 9 atom stereocenters. The molecule has 17 N–H and O–H groups in total. The van der Waals surface area contributed by atoms with E-state index in [1.165, 1.54) is 41.7 Å². The summed E-state index contributed by atoms with van der Waals surface area (Å²) in [6.07, 6.45) is 2.92. The summed E-state index contributed by atoms with van der Waals surface area (Å²) < 4.78 is 0. The van der Waals surface area contributed by atoms with E-state index in [4.69, 9.17) is 27.1 Å². The number of nitrogens with one attached hydrogen (secondary N) is 7. The highest BCUT2D eigenvalue weighted by Crippen LogP contribution is 2.21. The first-order chi connectivity index (χ1) is 37.3. The Morgan fingerprint density at radius 3 is 1.87 bits per heavy atom. The van der Waals surface area contributed by atoms with Gasteiger partial charge in [-0.1, -0.05) is 76.6 Å². The molecule has 1 aliphatic heterocycles. The van der Waals surface area contributed by atoms with Gasteiger partial charge in [0.15, 0.2) is 5.96 Å². The van der Waals surface area contributed by atoms with Crippen LogP contribution in [0.2, 0.25) is 0 Å². The van der Waals surface area contributed by atoms with E-state index in [-0.39, 0.29) is 63.3 Å². The Morgan fingerprint density at radius 1 is 0.734 bits per heavy atom. The van der Waals surface area contributed by atoms with Crippen molar-refractivity contribution in [1.29, 1.82) is 0 Å². The molecule has 27 heteroatoms. The van der Waals surface area contributed by atoms with Gasteiger partial charge in [-0.25, -0.2) is 9.78 Å². The van der Waals surface area contributed by atoms with Crippen LogP contribution in [0, 0.1) is 11.8 Å². The second-order valence-electron chi connectivity index (χ2n) is 19.4. The molecule has 7 amide bonds. The molecular weight excluding hydrogens is 1030 g/mol. The Bertz CT molecular complexity index is 2560. The minimum atomic E-state index is -1.51. The fourth-order valence-electron chi connectivity index (χ4n) is 8.31. The Balaban J connectivity index is 0.00000396. The van der Waals surface area contributed by atoms with Crippen LogP contribution in [0.4, 0.5) is 0 Å². The number of aromatic nitrogens is 2. The highest BCUT2D eigenvalue weighted by molar-refractivity contribution is 5.98. The van der Waals surface area contributed by atoms with E-state index in [0.29, 0.717) is 29.7 Å². The topological polar surface area (TPSA) is 446 Å². The third kappa shape index (κ3) is 22.1. The summed E-state index contributed by atoms with van der Waals surface area (Å²) in [6.45, 7) is 7.99. The van der Waals surface area contributed by atoms with Gasteiger partial charge in [0.2, 0.25) is 41.4 Å². The minimum absolute atomic E-state index is 0.00211. The van der Waals surface area contributed by atoms with E-state index in [9.17, 15) is 58.5 Å². The Hall–Kier alpha value is -8.62. The zero-order valence-corrected chi connectivity index (χ0v) is 44.8. The third-order valence-electron chi connectivity index (χ3n) is 12.7. The molecular formula is C52H75N13O14. The predicted molar refractivity (Wildman–Crippen MR) is 286 cm³/mol. The number of likely N-dealkylation sites (tertiary alicyclic amines) is 1. The molecule has 0 bridgehead atoms. The van der Waals surface area contributed by atoms with E-state index in [1.54, 1.807) is 58.0 Å². The molecule has 1 aromatic heterocycles. The van der Waals surface area contributed by atoms with Crippen molar-refractivity contribution >= 4 is 65.2 Å². The fourth-order valence-corrected chi connectivity index (χ4v) is 8.31. The summed E-state index contributed by atoms with van der Waals surface area (Å²) in [5.41, 5.74) is 18.2. The van der Waals surface area contributed by atoms with Gasteiger partial charge in [-0.15, -0.1) is 0 Å². The van der Waals surface area contributed by atoms with Crippen LogP contribution in [0.1, 0.15) is 90.0 Å². The number of guanidine groups is 1. The van der Waals surface area contributed by atoms with E-state index in [0.717, 1.165) is 6.92 Å². The predicted octanol–water partition coefficient (Wildman–Crippen LogP) is -1.22. The number of phenols is 1. The summed E-state index contributed by atoms with van der Waals surface area (Å²) >= 11 is 0. The Kier molecular flexibility index (Phi) is 26.4. The van der Waals surface area contributed by atoms with E-state index >= 15 is 0 Å². The van der Waals surface area contributed by atoms with Gasteiger partial charge in [0.25, 0.3) is 5.97 Å². The van der Waals surface area contributed by atoms with E-state index < -0.39 is 126 Å². The molecule has 27 nitrogen and oxygen atoms in total. The van der Waals surface area contributed by atoms with Gasteiger partial charge in [-0.3, -0.25) is 48.1 Å². The smallest absolute Gasteiger partial charge is 0.326 e. The standard InChI is InChI=1S/C50H71N13O12.C2H4O2/c1-5-28(4)41(47(72)59-36(23-31-25-54-26-56-31)48(73)63-20-10-14-38(63)45(70)60-37(49(74)75)22-29-11-7-6-8-12-29)62-44(69)35(21-30-15-17-32(64)18-16-30)58-46(71)40(27(2)3)61-43(68)34(13-9-19-55-50(52)53)57-42(67)33(51)24-39(65)66;1-2(3)4/h6-8,11-12,15-18,25-28,33-38,40-41,64H,5,9-10,13-14,19-24,51H2,1-4H3,(H,54,56)(H,57,67)(H,58,71)(H,59,72)(H,60,70)(H,61,68)(H,62,69)(H,65,66)(H,74,75)(H4,52,53,55);1H3,(H,3,4)/t28-,33-,34-,35-,36-,37-,38-,40-,41?;/m0./s1. The molecule has 2 aromatic carbocycles. The van der Waals surface area contributed by atoms with Crippen LogP contribution in [-0.2, 0) is 67.2 Å². The van der Waals surface area contributed by atoms with Crippen molar-refractivity contribution in [3.63, 3.8) is 0 Å². The van der Waals surface area contributed by atoms with Gasteiger partial charge in [0.05, 0.1) is 18.8 Å². The maximum Gasteiger partial charge on any atom is 0.326 e. The number of nitrogens with zero attached hydrogens (tertiary/aromatic N) is 3. The summed E-state index contributed by atoms with van der Waals surface area (Å²) in [5.74, 6) is -10.5. The average molecular weight is 1110 g/mol. The number of nitrogens with two attached hydrogens (primary N) is 3. The fraction of sp³-hybridized carbons (Fsp3) is 0.500. The molecule has 4 rings (SSSR count). The molecule has 79 heavy (non-hydrogen) atoms. The monoisotopic (exact) mass is 1110 g/mol. The lowest BCUT2D eigenvalue weighted by atomic mass is 9.96. The number of phenolic OH excluding ortho intramolecular Hbond substituents is 1. The zero-order chi connectivity index (χ0) is 58.9. The van der Waals surface area contributed by atoms with Crippen LogP contribution in [-0.4, -0.2) is 162 Å². The third-order valence-corrected chi connectivity index (χ3v) is 12.7. The lowest BCUT2D eigenvalue weighted by molar-refractivity contribution is -0.145. The number of aliphatic carboxylic acids is 3. The van der Waals surface area contributed by atoms with Gasteiger partial charge < -0.3 is 79.4 Å². The van der Waals surface area contributed by atoms with Crippen LogP contribution >= 0.6 is 0 Å². The van der Waals surface area contributed by atoms with Crippen molar-refractivity contribution in [3.8, 4) is 5.75 Å². The van der Waals surface area contributed by atoms with Gasteiger partial charge >= 0.3 is 11.9 Å². The second kappa shape index (κ2) is 32.2. The summed E-state index contributed by atoms with van der Waals surface area (Å²) in [7, 11) is 0. The molecule has 0 spiro atoms. The van der Waals surface area contributed by atoms with Gasteiger partial charge in [-0.05, 0) is 60.8 Å². The van der Waals surface area contributed by atoms with Gasteiger partial charge in [-0.2, -0.15) is 0 Å². The molecule has 3 aromatic rings. The van der Waals surface area contributed by atoms with Crippen LogP contribution in [0.5, 0.6) is 5.75 Å². The molecule has 1 unspecified atom stereocenters. The first kappa shape index (κ1) is 64.7. The number of carbonyl (C=O) groups excluding carboxylic acids is 7. The van der Waals surface area contributed by atoms with Crippen molar-refractivity contribution in [2.75, 3.05) is 13.1 Å². The zero-order valence-electron chi connectivity index (χ0n) is 44.8. The van der Waals surface area contributed by atoms with Crippen LogP contribution in [0.25, 0.3) is 0 Å². The summed E-state index contributed by atoms with van der Waals surface area (Å²) in [4.78, 5) is 143. The minimum Gasteiger partial charge on any atom is -0.508 e. The highest BCUT2D eigenvalue weighted by atomic mass is 16.4. The molecule has 2 heterocycles. The lowest BCUT2D eigenvalue weighted by Crippen LogP contribution is -2.62. The number of amides is 7. The van der Waals surface area contributed by atoms with Crippen molar-refractivity contribution in [2.45, 2.75) is 141 Å². The highest BCUT2D eigenvalue weighted by Gasteiger charge is 2.41. The Morgan fingerprint density at radius 2 is 1.30 bits per heavy atom. The number of aromatic amines is 1. The van der Waals surface area contributed by atoms with Crippen LogP contribution < -0.4 is 49.1 Å². The van der Waals surface area contributed by atoms with Crippen molar-refractivity contribution in [2.24, 2.45) is 34.0 Å². The quantitative estimate of drug-likeness (QED) is 0.0220. The number of carbonyl (C=O) groups is 10. The number of H-pyrrole nitrogens is 1. The number of hydrogen-bond acceptors (Lipinski definition) is 14. The van der Waals surface area contributed by atoms with Crippen LogP contribution in [0.15, 0.2) is 72.1 Å². The summed E-state index contributed by atoms with van der Waals surface area (Å²) in [5, 5.41) is 52.5. The number of rotatable bonds is 29. The normalized spacial score (nSPS) is 15.8. The van der Waals surface area contributed by atoms with Crippen molar-refractivity contribution in [1.82, 2.24) is 46.8 Å². The molecule has 1 saturated heterocycles. The van der Waals surface area contributed by atoms with Gasteiger partial charge in [0.1, 0.15) is 48.0 Å². The Labute approximate surface area is 456 Å². The largest absolute Gasteiger partial charge is 0.508 e. The molecule has 0 radical (unpaired) electrons. The molecule has 0 aliphatic carbocycles. The van der Waals surface area contributed by atoms with Crippen molar-refractivity contribution < 1.29 is 68.4 Å². The van der Waals surface area contributed by atoms with E-state index in [1.807, 2.05) is 0 Å². The number of carboxylic acids is 3. The first-order valence-corrected chi connectivity index (χ1v) is 25.7. The maximum absolute atomic E-state index is 14.6. The number of carboxylic acid groups (broad SMARTS) is 3. The lowest BCUT2D eigenvalue weighted by Gasteiger charge is -2.32. The SMILES string of the molecule is CC(=O)O.CC[C@H](C)C(NC(=O)[C@H](Cc1ccc(O)cc1)NC(=O)[C@@H](NC(=O)[C@H](CCCN=C(N)N)NC(=O)[C@@H](N)CC(=O)O)C(C)C)C(=O)N[C@@H](Cc1cnc[nH]1)C(=O)N1CCC[C@H]1C(=O)N[C@@H](Cc1ccccc1)C(=O)O. The second-order valence-corrected chi connectivity index (χ2v) is 19.4. The van der Waals surface area contributed by atoms with E-state index in [2.05, 4.69) is 46.9 Å². The molecule has 1 aliphatic rings. The number of aliphatic imine (C=N–C) groups is 1. The van der Waals surface area contributed by atoms with Gasteiger partial charge in [0, 0.05) is 51.2 Å². The average Bonchev–Trinajstić information content (AvgIpc) is 4.11. The number of benzene rings is 2. The maximum atomic E-state index is 14.6. The number of imidazole rings is 1. The molecule has 0 saturated carbocycles. The van der Waals surface area contributed by atoms with Crippen molar-refractivity contribution in [3.05, 3.63) is 83.9 Å². The summed E-state index contributed by atoms with van der Waals surface area (Å²) in [6, 6.07) is 3.95. The number of aromatic hydroxyl groups is 1. The molecule has 1 fully saturated rings. The first-order valence-electron chi connectivity index (χ1n) is 25.7. The number of hydrogen-bond donors (Lipinski definition) is 14. The molecule has 432 valence electrons. The van der Waals surface area contributed by atoms with Crippen LogP contribution in [0.3, 0.4) is 0 Å².